The maximum absolute atomic E-state index is 9.36. The summed E-state index contributed by atoms with van der Waals surface area (Å²) in [6, 6.07) is -0.129. The van der Waals surface area contributed by atoms with E-state index in [2.05, 4.69) is 25.7 Å². The predicted octanol–water partition coefficient (Wildman–Crippen LogP) is 0.299. The van der Waals surface area contributed by atoms with Gasteiger partial charge in [-0.2, -0.15) is 0 Å². The smallest absolute Gasteiger partial charge is 0.0629 e. The number of nitrogens with zero attached hydrogens (tertiary/aromatic N) is 1. The Bertz CT molecular complexity index is 154. The molecule has 0 fully saturated rings. The van der Waals surface area contributed by atoms with Gasteiger partial charge in [-0.1, -0.05) is 20.8 Å². The van der Waals surface area contributed by atoms with Gasteiger partial charge in [-0.25, -0.2) is 0 Å². The first-order valence-corrected chi connectivity index (χ1v) is 5.66. The van der Waals surface area contributed by atoms with Crippen molar-refractivity contribution in [3.8, 4) is 0 Å². The fraction of sp³-hybridized carbons (Fsp3) is 1.00. The first-order chi connectivity index (χ1) is 7.06. The van der Waals surface area contributed by atoms with E-state index in [1.807, 2.05) is 0 Å². The number of aliphatic hydroxyl groups is 1. The predicted molar refractivity (Wildman–Crippen MR) is 62.8 cm³/mol. The standard InChI is InChI=1S/C11H26N2O2/c1-5-13(6-9(2)3)11(7-14)10(12)8-15-4/h9-11,14H,5-8,12H2,1-4H3. The number of hydrogen-bond acceptors (Lipinski definition) is 4. The Labute approximate surface area is 93.4 Å². The van der Waals surface area contributed by atoms with Crippen molar-refractivity contribution in [2.45, 2.75) is 32.9 Å². The van der Waals surface area contributed by atoms with Gasteiger partial charge in [0.15, 0.2) is 0 Å². The van der Waals surface area contributed by atoms with Crippen molar-refractivity contribution in [1.29, 1.82) is 0 Å². The minimum atomic E-state index is -0.126. The van der Waals surface area contributed by atoms with E-state index in [4.69, 9.17) is 10.5 Å². The van der Waals surface area contributed by atoms with Crippen LogP contribution in [0.1, 0.15) is 20.8 Å². The van der Waals surface area contributed by atoms with E-state index in [0.717, 1.165) is 13.1 Å². The van der Waals surface area contributed by atoms with Gasteiger partial charge in [0.1, 0.15) is 0 Å². The molecule has 0 radical (unpaired) electrons. The second kappa shape index (κ2) is 8.05. The third-order valence-corrected chi connectivity index (χ3v) is 2.52. The number of likely N-dealkylation sites (N-methyl/N-ethyl adjacent to an activating group) is 1. The number of ether oxygens (including phenoxy) is 1. The van der Waals surface area contributed by atoms with Gasteiger partial charge < -0.3 is 15.6 Å². The highest BCUT2D eigenvalue weighted by Gasteiger charge is 2.23. The molecule has 3 N–H and O–H groups in total. The van der Waals surface area contributed by atoms with Crippen LogP contribution in [0.2, 0.25) is 0 Å². The van der Waals surface area contributed by atoms with Crippen LogP contribution < -0.4 is 5.73 Å². The van der Waals surface area contributed by atoms with E-state index in [0.29, 0.717) is 12.5 Å². The summed E-state index contributed by atoms with van der Waals surface area (Å²) in [5.74, 6) is 0.578. The summed E-state index contributed by atoms with van der Waals surface area (Å²) in [7, 11) is 1.63. The molecule has 0 saturated heterocycles. The van der Waals surface area contributed by atoms with Gasteiger partial charge in [0.05, 0.1) is 19.3 Å². The summed E-state index contributed by atoms with van der Waals surface area (Å²) in [5.41, 5.74) is 5.96. The lowest BCUT2D eigenvalue weighted by Crippen LogP contribution is -2.52. The SMILES string of the molecule is CCN(CC(C)C)C(CO)C(N)COC. The zero-order valence-electron chi connectivity index (χ0n) is 10.4. The molecule has 2 atom stereocenters. The van der Waals surface area contributed by atoms with Crippen molar-refractivity contribution < 1.29 is 9.84 Å². The molecule has 0 spiro atoms. The lowest BCUT2D eigenvalue weighted by atomic mass is 10.1. The number of nitrogens with two attached hydrogens (primary N) is 1. The van der Waals surface area contributed by atoms with E-state index in [9.17, 15) is 5.11 Å². The molecule has 4 nitrogen and oxygen atoms in total. The molecular weight excluding hydrogens is 192 g/mol. The molecule has 0 saturated carbocycles. The van der Waals surface area contributed by atoms with Gasteiger partial charge in [0.25, 0.3) is 0 Å². The van der Waals surface area contributed by atoms with Gasteiger partial charge in [-0.15, -0.1) is 0 Å². The normalized spacial score (nSPS) is 16.0. The minimum absolute atomic E-state index is 0.00245. The van der Waals surface area contributed by atoms with Gasteiger partial charge in [0, 0.05) is 19.7 Å². The van der Waals surface area contributed by atoms with Crippen molar-refractivity contribution in [2.75, 3.05) is 33.4 Å². The van der Waals surface area contributed by atoms with Gasteiger partial charge in [-0.05, 0) is 12.5 Å². The quantitative estimate of drug-likeness (QED) is 0.615. The third-order valence-electron chi connectivity index (χ3n) is 2.52. The van der Waals surface area contributed by atoms with E-state index in [1.54, 1.807) is 7.11 Å². The fourth-order valence-electron chi connectivity index (χ4n) is 1.79. The fourth-order valence-corrected chi connectivity index (χ4v) is 1.79. The Kier molecular flexibility index (Phi) is 7.96. The molecule has 0 aromatic rings. The highest BCUT2D eigenvalue weighted by atomic mass is 16.5. The molecule has 0 aromatic heterocycles. The van der Waals surface area contributed by atoms with Crippen LogP contribution in [0.3, 0.4) is 0 Å². The second-order valence-electron chi connectivity index (χ2n) is 4.35. The monoisotopic (exact) mass is 218 g/mol. The summed E-state index contributed by atoms with van der Waals surface area (Å²) in [5, 5.41) is 9.36. The molecule has 0 rings (SSSR count). The van der Waals surface area contributed by atoms with E-state index < -0.39 is 0 Å². The Balaban J connectivity index is 4.31. The largest absolute Gasteiger partial charge is 0.395 e. The molecule has 0 aliphatic heterocycles. The molecule has 0 aliphatic rings. The zero-order valence-corrected chi connectivity index (χ0v) is 10.4. The maximum Gasteiger partial charge on any atom is 0.0629 e. The van der Waals surface area contributed by atoms with Crippen LogP contribution in [-0.2, 0) is 4.74 Å². The summed E-state index contributed by atoms with van der Waals surface area (Å²) in [6.45, 7) is 8.85. The molecule has 4 heteroatoms. The van der Waals surface area contributed by atoms with Crippen LogP contribution in [0.5, 0.6) is 0 Å². The summed E-state index contributed by atoms with van der Waals surface area (Å²) < 4.78 is 5.02. The van der Waals surface area contributed by atoms with Crippen molar-refractivity contribution >= 4 is 0 Å². The van der Waals surface area contributed by atoms with E-state index in [-0.39, 0.29) is 18.7 Å². The average molecular weight is 218 g/mol. The highest BCUT2D eigenvalue weighted by molar-refractivity contribution is 4.81. The zero-order chi connectivity index (χ0) is 11.8. The molecule has 15 heavy (non-hydrogen) atoms. The topological polar surface area (TPSA) is 58.7 Å². The molecular formula is C11H26N2O2. The van der Waals surface area contributed by atoms with Crippen molar-refractivity contribution in [1.82, 2.24) is 4.90 Å². The molecule has 0 bridgehead atoms. The summed E-state index contributed by atoms with van der Waals surface area (Å²) >= 11 is 0. The highest BCUT2D eigenvalue weighted by Crippen LogP contribution is 2.07. The lowest BCUT2D eigenvalue weighted by molar-refractivity contribution is 0.0668. The number of methoxy groups -OCH3 is 1. The van der Waals surface area contributed by atoms with Crippen molar-refractivity contribution in [2.24, 2.45) is 11.7 Å². The molecule has 0 aromatic carbocycles. The second-order valence-corrected chi connectivity index (χ2v) is 4.35. The molecule has 2 unspecified atom stereocenters. The number of aliphatic hydroxyl groups excluding tert-OH is 1. The van der Waals surface area contributed by atoms with E-state index >= 15 is 0 Å². The van der Waals surface area contributed by atoms with Crippen LogP contribution in [0, 0.1) is 5.92 Å². The molecule has 92 valence electrons. The van der Waals surface area contributed by atoms with Crippen molar-refractivity contribution in [3.63, 3.8) is 0 Å². The molecule has 0 heterocycles. The Morgan fingerprint density at radius 2 is 2.00 bits per heavy atom. The first-order valence-electron chi connectivity index (χ1n) is 5.66. The molecule has 0 amide bonds. The maximum atomic E-state index is 9.36. The average Bonchev–Trinajstić information content (AvgIpc) is 2.17. The van der Waals surface area contributed by atoms with Crippen LogP contribution in [0.15, 0.2) is 0 Å². The first kappa shape index (κ1) is 14.8. The minimum Gasteiger partial charge on any atom is -0.395 e. The van der Waals surface area contributed by atoms with Crippen LogP contribution in [0.4, 0.5) is 0 Å². The van der Waals surface area contributed by atoms with Crippen molar-refractivity contribution in [3.05, 3.63) is 0 Å². The van der Waals surface area contributed by atoms with E-state index in [1.165, 1.54) is 0 Å². The Morgan fingerprint density at radius 3 is 2.33 bits per heavy atom. The van der Waals surface area contributed by atoms with Crippen LogP contribution in [-0.4, -0.2) is 55.5 Å². The summed E-state index contributed by atoms with van der Waals surface area (Å²) in [4.78, 5) is 2.22. The van der Waals surface area contributed by atoms with Gasteiger partial charge >= 0.3 is 0 Å². The summed E-state index contributed by atoms with van der Waals surface area (Å²) in [6.07, 6.45) is 0. The van der Waals surface area contributed by atoms with Crippen LogP contribution >= 0.6 is 0 Å². The van der Waals surface area contributed by atoms with Gasteiger partial charge in [0.2, 0.25) is 0 Å². The van der Waals surface area contributed by atoms with Crippen LogP contribution in [0.25, 0.3) is 0 Å². The van der Waals surface area contributed by atoms with Gasteiger partial charge in [-0.3, -0.25) is 4.90 Å². The number of hydrogen-bond donors (Lipinski definition) is 2. The lowest BCUT2D eigenvalue weighted by Gasteiger charge is -2.34. The Morgan fingerprint density at radius 1 is 1.40 bits per heavy atom. The number of rotatable bonds is 8. The molecule has 0 aliphatic carbocycles. The third kappa shape index (κ3) is 5.47. The Hall–Kier alpha value is -0.160.